The number of alkyl halides is 3. The highest BCUT2D eigenvalue weighted by molar-refractivity contribution is 7.88. The van der Waals surface area contributed by atoms with Gasteiger partial charge in [0, 0.05) is 12.1 Å². The van der Waals surface area contributed by atoms with Crippen LogP contribution in [0, 0.1) is 5.82 Å². The largest absolute Gasteiger partial charge is 0.418 e. The molecule has 27 heavy (non-hydrogen) atoms. The first-order chi connectivity index (χ1) is 12.5. The molecule has 0 aliphatic rings. The van der Waals surface area contributed by atoms with Gasteiger partial charge in [0.1, 0.15) is 5.82 Å². The van der Waals surface area contributed by atoms with Gasteiger partial charge in [0.05, 0.1) is 24.1 Å². The van der Waals surface area contributed by atoms with E-state index >= 15 is 0 Å². The van der Waals surface area contributed by atoms with E-state index in [1.54, 1.807) is 0 Å². The third-order valence-electron chi connectivity index (χ3n) is 3.60. The van der Waals surface area contributed by atoms with Crippen molar-refractivity contribution in [1.29, 1.82) is 0 Å². The topological polar surface area (TPSA) is 66.5 Å². The number of nitrogens with zero attached hydrogens (tertiary/aromatic N) is 1. The molecule has 5 nitrogen and oxygen atoms in total. The highest BCUT2D eigenvalue weighted by Crippen LogP contribution is 2.34. The molecule has 0 unspecified atom stereocenters. The van der Waals surface area contributed by atoms with E-state index in [0.29, 0.717) is 4.31 Å². The SMILES string of the molecule is CS(=O)(=O)N(CC(=O)Nc1ccccc1C(F)(F)F)Cc1ccccc1F. The Labute approximate surface area is 153 Å². The molecule has 0 atom stereocenters. The van der Waals surface area contributed by atoms with E-state index in [4.69, 9.17) is 0 Å². The van der Waals surface area contributed by atoms with Crippen LogP contribution in [0.2, 0.25) is 0 Å². The van der Waals surface area contributed by atoms with Gasteiger partial charge in [0.2, 0.25) is 15.9 Å². The molecule has 0 aliphatic heterocycles. The van der Waals surface area contributed by atoms with E-state index in [1.165, 1.54) is 30.3 Å². The number of sulfonamides is 1. The number of hydrogen-bond donors (Lipinski definition) is 1. The quantitative estimate of drug-likeness (QED) is 0.752. The van der Waals surface area contributed by atoms with Crippen LogP contribution in [0.4, 0.5) is 23.2 Å². The fraction of sp³-hybridized carbons (Fsp3) is 0.235. The van der Waals surface area contributed by atoms with Crippen LogP contribution >= 0.6 is 0 Å². The van der Waals surface area contributed by atoms with Crippen LogP contribution in [0.25, 0.3) is 0 Å². The summed E-state index contributed by atoms with van der Waals surface area (Å²) in [7, 11) is -3.92. The van der Waals surface area contributed by atoms with E-state index in [-0.39, 0.29) is 5.56 Å². The number of amides is 1. The van der Waals surface area contributed by atoms with Crippen LogP contribution in [0.15, 0.2) is 48.5 Å². The lowest BCUT2D eigenvalue weighted by Crippen LogP contribution is -2.37. The second kappa shape index (κ2) is 8.05. The number of carbonyl (C=O) groups is 1. The lowest BCUT2D eigenvalue weighted by molar-refractivity contribution is -0.137. The van der Waals surface area contributed by atoms with Gasteiger partial charge in [0.25, 0.3) is 0 Å². The molecule has 0 fully saturated rings. The summed E-state index contributed by atoms with van der Waals surface area (Å²) in [5, 5.41) is 2.06. The second-order valence-electron chi connectivity index (χ2n) is 5.71. The Hall–Kier alpha value is -2.46. The highest BCUT2D eigenvalue weighted by Gasteiger charge is 2.33. The molecule has 1 amide bonds. The Morgan fingerprint density at radius 3 is 2.26 bits per heavy atom. The van der Waals surface area contributed by atoms with Gasteiger partial charge in [-0.2, -0.15) is 17.5 Å². The molecule has 2 aromatic carbocycles. The van der Waals surface area contributed by atoms with Gasteiger partial charge >= 0.3 is 6.18 Å². The Kier molecular flexibility index (Phi) is 6.22. The minimum Gasteiger partial charge on any atom is -0.324 e. The average molecular weight is 404 g/mol. The van der Waals surface area contributed by atoms with Crippen molar-refractivity contribution in [3.8, 4) is 0 Å². The first-order valence-corrected chi connectivity index (χ1v) is 9.48. The molecular weight excluding hydrogens is 388 g/mol. The Bertz CT molecular complexity index is 930. The number of nitrogens with one attached hydrogen (secondary N) is 1. The number of benzene rings is 2. The summed E-state index contributed by atoms with van der Waals surface area (Å²) in [6.45, 7) is -1.20. The van der Waals surface area contributed by atoms with Gasteiger partial charge in [-0.15, -0.1) is 0 Å². The molecule has 0 saturated carbocycles. The highest BCUT2D eigenvalue weighted by atomic mass is 32.2. The minimum absolute atomic E-state index is 0.0337. The van der Waals surface area contributed by atoms with Gasteiger partial charge in [-0.05, 0) is 18.2 Å². The number of hydrogen-bond acceptors (Lipinski definition) is 3. The molecule has 0 aliphatic carbocycles. The number of anilines is 1. The number of halogens is 4. The number of para-hydroxylation sites is 1. The predicted octanol–water partition coefficient (Wildman–Crippen LogP) is 3.24. The zero-order chi connectivity index (χ0) is 20.2. The number of carbonyl (C=O) groups excluding carboxylic acids is 1. The fourth-order valence-electron chi connectivity index (χ4n) is 2.30. The smallest absolute Gasteiger partial charge is 0.324 e. The molecular formula is C17H16F4N2O3S. The third kappa shape index (κ3) is 5.76. The lowest BCUT2D eigenvalue weighted by atomic mass is 10.1. The lowest BCUT2D eigenvalue weighted by Gasteiger charge is -2.20. The van der Waals surface area contributed by atoms with Gasteiger partial charge < -0.3 is 5.32 Å². The molecule has 1 N–H and O–H groups in total. The van der Waals surface area contributed by atoms with E-state index in [2.05, 4.69) is 5.32 Å². The maximum Gasteiger partial charge on any atom is 0.418 e. The summed E-state index contributed by atoms with van der Waals surface area (Å²) in [6, 6.07) is 9.73. The van der Waals surface area contributed by atoms with Crippen LogP contribution in [0.5, 0.6) is 0 Å². The van der Waals surface area contributed by atoms with Crippen LogP contribution in [-0.2, 0) is 27.5 Å². The normalized spacial score (nSPS) is 12.2. The first kappa shape index (κ1) is 20.8. The first-order valence-electron chi connectivity index (χ1n) is 7.63. The van der Waals surface area contributed by atoms with Crippen LogP contribution in [0.3, 0.4) is 0 Å². The van der Waals surface area contributed by atoms with Crippen molar-refractivity contribution in [3.63, 3.8) is 0 Å². The molecule has 2 rings (SSSR count). The van der Waals surface area contributed by atoms with Crippen molar-refractivity contribution in [2.24, 2.45) is 0 Å². The Morgan fingerprint density at radius 2 is 1.67 bits per heavy atom. The summed E-state index contributed by atoms with van der Waals surface area (Å²) in [5.41, 5.74) is -1.51. The minimum atomic E-state index is -4.69. The van der Waals surface area contributed by atoms with Crippen LogP contribution in [-0.4, -0.2) is 31.4 Å². The van der Waals surface area contributed by atoms with Gasteiger partial charge in [-0.1, -0.05) is 30.3 Å². The van der Waals surface area contributed by atoms with Gasteiger partial charge in [-0.25, -0.2) is 12.8 Å². The van der Waals surface area contributed by atoms with Crippen molar-refractivity contribution < 1.29 is 30.8 Å². The van der Waals surface area contributed by atoms with E-state index in [9.17, 15) is 30.8 Å². The Morgan fingerprint density at radius 1 is 1.07 bits per heavy atom. The molecule has 2 aromatic rings. The molecule has 0 bridgehead atoms. The molecule has 146 valence electrons. The maximum absolute atomic E-state index is 13.8. The molecule has 0 spiro atoms. The standard InChI is InChI=1S/C17H16F4N2O3S/c1-27(25,26)23(10-12-6-2-4-8-14(12)18)11-16(24)22-15-9-5-3-7-13(15)17(19,20)21/h2-9H,10-11H2,1H3,(H,22,24). The fourth-order valence-corrected chi connectivity index (χ4v) is 3.02. The van der Waals surface area contributed by atoms with Crippen molar-refractivity contribution in [3.05, 3.63) is 65.5 Å². The maximum atomic E-state index is 13.8. The third-order valence-corrected chi connectivity index (χ3v) is 4.80. The molecule has 0 radical (unpaired) electrons. The summed E-state index contributed by atoms with van der Waals surface area (Å²) < 4.78 is 77.2. The summed E-state index contributed by atoms with van der Waals surface area (Å²) in [6.07, 6.45) is -3.86. The van der Waals surface area contributed by atoms with Crippen LogP contribution in [0.1, 0.15) is 11.1 Å². The summed E-state index contributed by atoms with van der Waals surface area (Å²) in [5.74, 6) is -1.64. The number of rotatable bonds is 6. The molecule has 0 heterocycles. The van der Waals surface area contributed by atoms with Gasteiger partial charge in [0.15, 0.2) is 0 Å². The molecule has 10 heteroatoms. The molecule has 0 aromatic heterocycles. The van der Waals surface area contributed by atoms with E-state index in [0.717, 1.165) is 24.5 Å². The van der Waals surface area contributed by atoms with Crippen molar-refractivity contribution in [2.45, 2.75) is 12.7 Å². The second-order valence-corrected chi connectivity index (χ2v) is 7.70. The zero-order valence-corrected chi connectivity index (χ0v) is 14.9. The monoisotopic (exact) mass is 404 g/mol. The van der Waals surface area contributed by atoms with Gasteiger partial charge in [-0.3, -0.25) is 4.79 Å². The van der Waals surface area contributed by atoms with Crippen LogP contribution < -0.4 is 5.32 Å². The molecule has 0 saturated heterocycles. The Balaban J connectivity index is 2.20. The summed E-state index contributed by atoms with van der Waals surface area (Å²) in [4.78, 5) is 12.1. The summed E-state index contributed by atoms with van der Waals surface area (Å²) >= 11 is 0. The predicted molar refractivity (Wildman–Crippen MR) is 91.7 cm³/mol. The zero-order valence-electron chi connectivity index (χ0n) is 14.1. The van der Waals surface area contributed by atoms with Crippen molar-refractivity contribution in [2.75, 3.05) is 18.1 Å². The van der Waals surface area contributed by atoms with E-state index in [1.807, 2.05) is 0 Å². The average Bonchev–Trinajstić information content (AvgIpc) is 2.54. The van der Waals surface area contributed by atoms with E-state index < -0.39 is 52.3 Å². The van der Waals surface area contributed by atoms with Crippen molar-refractivity contribution >= 4 is 21.6 Å². The van der Waals surface area contributed by atoms with Crippen molar-refractivity contribution in [1.82, 2.24) is 4.31 Å².